The van der Waals surface area contributed by atoms with Crippen LogP contribution in [0.15, 0.2) is 30.6 Å². The first kappa shape index (κ1) is 13.4. The average molecular weight is 261 g/mol. The summed E-state index contributed by atoms with van der Waals surface area (Å²) in [6.07, 6.45) is 3.81. The van der Waals surface area contributed by atoms with Crippen molar-refractivity contribution in [3.05, 3.63) is 41.7 Å². The number of nitrogens with zero attached hydrogens (tertiary/aromatic N) is 2. The lowest BCUT2D eigenvalue weighted by atomic mass is 10.1. The fraction of sp³-hybridized carbons (Fsp3) is 0.357. The van der Waals surface area contributed by atoms with Crippen molar-refractivity contribution in [1.82, 2.24) is 15.1 Å². The summed E-state index contributed by atoms with van der Waals surface area (Å²) in [7, 11) is 0. The Labute approximate surface area is 112 Å². The number of aryl methyl sites for hydroxylation is 1. The molecule has 2 aromatic rings. The molecule has 0 amide bonds. The van der Waals surface area contributed by atoms with Crippen LogP contribution in [0.5, 0.6) is 11.5 Å². The molecule has 0 aliphatic heterocycles. The molecule has 0 bridgehead atoms. The summed E-state index contributed by atoms with van der Waals surface area (Å²) in [5, 5.41) is 26.7. The molecule has 3 N–H and O–H groups in total. The highest BCUT2D eigenvalue weighted by Gasteiger charge is 2.10. The molecular formula is C14H19N3O2. The van der Waals surface area contributed by atoms with Gasteiger partial charge in [0.25, 0.3) is 0 Å². The minimum Gasteiger partial charge on any atom is -0.508 e. The standard InChI is InChI=1S/C14H19N3O2/c1-10-8-16-17(9-10)6-5-15-11(2)13-7-12(18)3-4-14(13)19/h3-4,7-9,11,15,18-19H,5-6H2,1-2H3. The lowest BCUT2D eigenvalue weighted by Gasteiger charge is -2.15. The fourth-order valence-electron chi connectivity index (χ4n) is 1.98. The Hall–Kier alpha value is -2.01. The molecular weight excluding hydrogens is 242 g/mol. The van der Waals surface area contributed by atoms with E-state index in [1.165, 1.54) is 12.1 Å². The molecule has 0 aliphatic carbocycles. The third-order valence-electron chi connectivity index (χ3n) is 3.03. The van der Waals surface area contributed by atoms with Gasteiger partial charge in [-0.25, -0.2) is 0 Å². The summed E-state index contributed by atoms with van der Waals surface area (Å²) >= 11 is 0. The van der Waals surface area contributed by atoms with Crippen molar-refractivity contribution >= 4 is 0 Å². The van der Waals surface area contributed by atoms with Gasteiger partial charge in [0.15, 0.2) is 0 Å². The van der Waals surface area contributed by atoms with Crippen LogP contribution in [-0.2, 0) is 6.54 Å². The van der Waals surface area contributed by atoms with E-state index in [1.54, 1.807) is 6.07 Å². The van der Waals surface area contributed by atoms with E-state index in [1.807, 2.05) is 30.9 Å². The smallest absolute Gasteiger partial charge is 0.120 e. The van der Waals surface area contributed by atoms with Crippen LogP contribution >= 0.6 is 0 Å². The van der Waals surface area contributed by atoms with E-state index in [0.717, 1.165) is 18.7 Å². The van der Waals surface area contributed by atoms with E-state index in [-0.39, 0.29) is 17.5 Å². The maximum atomic E-state index is 9.76. The van der Waals surface area contributed by atoms with Crippen molar-refractivity contribution in [1.29, 1.82) is 0 Å². The molecule has 1 aromatic heterocycles. The lowest BCUT2D eigenvalue weighted by molar-refractivity contribution is 0.436. The molecule has 0 saturated heterocycles. The zero-order chi connectivity index (χ0) is 13.8. The van der Waals surface area contributed by atoms with Gasteiger partial charge in [-0.2, -0.15) is 5.10 Å². The van der Waals surface area contributed by atoms with Gasteiger partial charge in [-0.1, -0.05) is 0 Å². The number of aromatic nitrogens is 2. The summed E-state index contributed by atoms with van der Waals surface area (Å²) in [6.45, 7) is 5.45. The Morgan fingerprint density at radius 1 is 1.37 bits per heavy atom. The number of hydrogen-bond donors (Lipinski definition) is 3. The summed E-state index contributed by atoms with van der Waals surface area (Å²) in [5.74, 6) is 0.344. The van der Waals surface area contributed by atoms with E-state index in [9.17, 15) is 10.2 Å². The molecule has 19 heavy (non-hydrogen) atoms. The highest BCUT2D eigenvalue weighted by Crippen LogP contribution is 2.27. The zero-order valence-electron chi connectivity index (χ0n) is 11.2. The maximum absolute atomic E-state index is 9.76. The van der Waals surface area contributed by atoms with Crippen LogP contribution in [-0.4, -0.2) is 26.5 Å². The van der Waals surface area contributed by atoms with Crippen LogP contribution in [0.3, 0.4) is 0 Å². The molecule has 1 heterocycles. The third kappa shape index (κ3) is 3.48. The van der Waals surface area contributed by atoms with Crippen LogP contribution in [0.2, 0.25) is 0 Å². The first-order chi connectivity index (χ1) is 9.06. The topological polar surface area (TPSA) is 70.3 Å². The van der Waals surface area contributed by atoms with Crippen LogP contribution in [0.4, 0.5) is 0 Å². The molecule has 0 saturated carbocycles. The summed E-state index contributed by atoms with van der Waals surface area (Å²) in [4.78, 5) is 0. The van der Waals surface area contributed by atoms with Gasteiger partial charge < -0.3 is 15.5 Å². The van der Waals surface area contributed by atoms with Crippen LogP contribution in [0.1, 0.15) is 24.1 Å². The first-order valence-electron chi connectivity index (χ1n) is 6.30. The van der Waals surface area contributed by atoms with Crippen LogP contribution in [0.25, 0.3) is 0 Å². The van der Waals surface area contributed by atoms with E-state index >= 15 is 0 Å². The van der Waals surface area contributed by atoms with Gasteiger partial charge in [0, 0.05) is 24.3 Å². The molecule has 0 spiro atoms. The van der Waals surface area contributed by atoms with Crippen molar-refractivity contribution in [3.63, 3.8) is 0 Å². The third-order valence-corrected chi connectivity index (χ3v) is 3.03. The van der Waals surface area contributed by atoms with Gasteiger partial charge in [0.2, 0.25) is 0 Å². The molecule has 102 valence electrons. The average Bonchev–Trinajstić information content (AvgIpc) is 2.78. The Morgan fingerprint density at radius 3 is 2.84 bits per heavy atom. The van der Waals surface area contributed by atoms with Crippen molar-refractivity contribution in [3.8, 4) is 11.5 Å². The summed E-state index contributed by atoms with van der Waals surface area (Å²) in [5.41, 5.74) is 1.83. The van der Waals surface area contributed by atoms with Crippen molar-refractivity contribution in [2.45, 2.75) is 26.4 Å². The van der Waals surface area contributed by atoms with Gasteiger partial charge in [-0.15, -0.1) is 0 Å². The number of benzene rings is 1. The Morgan fingerprint density at radius 2 is 2.16 bits per heavy atom. The number of hydrogen-bond acceptors (Lipinski definition) is 4. The molecule has 1 aromatic carbocycles. The fourth-order valence-corrected chi connectivity index (χ4v) is 1.98. The predicted octanol–water partition coefficient (Wildman–Crippen LogP) is 1.95. The number of phenolic OH excluding ortho intramolecular Hbond substituents is 2. The molecule has 5 heteroatoms. The molecule has 1 atom stereocenters. The van der Waals surface area contributed by atoms with Gasteiger partial charge in [-0.3, -0.25) is 4.68 Å². The summed E-state index contributed by atoms with van der Waals surface area (Å²) < 4.78 is 1.87. The zero-order valence-corrected chi connectivity index (χ0v) is 11.2. The molecule has 0 fully saturated rings. The van der Waals surface area contributed by atoms with Crippen molar-refractivity contribution < 1.29 is 10.2 Å². The van der Waals surface area contributed by atoms with Gasteiger partial charge >= 0.3 is 0 Å². The van der Waals surface area contributed by atoms with Gasteiger partial charge in [0.1, 0.15) is 11.5 Å². The number of nitrogens with one attached hydrogen (secondary N) is 1. The summed E-state index contributed by atoms with van der Waals surface area (Å²) in [6, 6.07) is 4.51. The van der Waals surface area contributed by atoms with Crippen molar-refractivity contribution in [2.75, 3.05) is 6.54 Å². The van der Waals surface area contributed by atoms with E-state index in [4.69, 9.17) is 0 Å². The molecule has 5 nitrogen and oxygen atoms in total. The molecule has 1 unspecified atom stereocenters. The van der Waals surface area contributed by atoms with Crippen molar-refractivity contribution in [2.24, 2.45) is 0 Å². The Balaban J connectivity index is 1.90. The molecule has 2 rings (SSSR count). The Kier molecular flexibility index (Phi) is 4.06. The first-order valence-corrected chi connectivity index (χ1v) is 6.30. The number of rotatable bonds is 5. The second-order valence-electron chi connectivity index (χ2n) is 4.70. The highest BCUT2D eigenvalue weighted by molar-refractivity contribution is 5.40. The van der Waals surface area contributed by atoms with Crippen LogP contribution in [0, 0.1) is 6.92 Å². The van der Waals surface area contributed by atoms with E-state index in [2.05, 4.69) is 10.4 Å². The van der Waals surface area contributed by atoms with Crippen LogP contribution < -0.4 is 5.32 Å². The maximum Gasteiger partial charge on any atom is 0.120 e. The quantitative estimate of drug-likeness (QED) is 0.719. The lowest BCUT2D eigenvalue weighted by Crippen LogP contribution is -2.23. The predicted molar refractivity (Wildman–Crippen MR) is 73.2 cm³/mol. The normalized spacial score (nSPS) is 12.5. The second kappa shape index (κ2) is 5.75. The number of phenols is 2. The minimum atomic E-state index is -0.0382. The van der Waals surface area contributed by atoms with Gasteiger partial charge in [-0.05, 0) is 37.6 Å². The molecule has 0 radical (unpaired) electrons. The Bertz CT molecular complexity index is 551. The number of aromatic hydroxyl groups is 2. The largest absolute Gasteiger partial charge is 0.508 e. The van der Waals surface area contributed by atoms with E-state index in [0.29, 0.717) is 5.56 Å². The molecule has 0 aliphatic rings. The van der Waals surface area contributed by atoms with Gasteiger partial charge in [0.05, 0.1) is 12.7 Å². The monoisotopic (exact) mass is 261 g/mol. The highest BCUT2D eigenvalue weighted by atomic mass is 16.3. The SMILES string of the molecule is Cc1cnn(CCNC(C)c2cc(O)ccc2O)c1. The second-order valence-corrected chi connectivity index (χ2v) is 4.70. The minimum absolute atomic E-state index is 0.0382. The van der Waals surface area contributed by atoms with E-state index < -0.39 is 0 Å².